The van der Waals surface area contributed by atoms with Crippen LogP contribution in [0.15, 0.2) is 30.3 Å². The van der Waals surface area contributed by atoms with Crippen molar-refractivity contribution in [2.75, 3.05) is 14.2 Å². The SMILES string of the molecule is CC[C@H](C)[C@@H]([C@@H](CC(=O)OC(C)(C)C)OC)N(C)Cc1ccccc1. The van der Waals surface area contributed by atoms with E-state index in [0.717, 1.165) is 13.0 Å². The van der Waals surface area contributed by atoms with E-state index in [4.69, 9.17) is 9.47 Å². The Bertz CT molecular complexity index is 510. The summed E-state index contributed by atoms with van der Waals surface area (Å²) in [6.07, 6.45) is 1.10. The molecule has 0 radical (unpaired) electrons. The zero-order valence-corrected chi connectivity index (χ0v) is 16.9. The zero-order chi connectivity index (χ0) is 19.0. The van der Waals surface area contributed by atoms with Crippen LogP contribution in [0.3, 0.4) is 0 Å². The van der Waals surface area contributed by atoms with E-state index in [1.165, 1.54) is 5.56 Å². The van der Waals surface area contributed by atoms with Gasteiger partial charge in [0.2, 0.25) is 0 Å². The maximum Gasteiger partial charge on any atom is 0.309 e. The lowest BCUT2D eigenvalue weighted by Gasteiger charge is -2.37. The largest absolute Gasteiger partial charge is 0.460 e. The van der Waals surface area contributed by atoms with Gasteiger partial charge in [0.05, 0.1) is 12.5 Å². The van der Waals surface area contributed by atoms with Gasteiger partial charge in [-0.1, -0.05) is 50.6 Å². The standard InChI is InChI=1S/C21H35NO3/c1-8-16(2)20(22(6)15-17-12-10-9-11-13-17)18(24-7)14-19(23)25-21(3,4)5/h9-13,16,18,20H,8,14-15H2,1-7H3/t16-,18+,20-/m0/s1. The van der Waals surface area contributed by atoms with Gasteiger partial charge in [-0.25, -0.2) is 0 Å². The maximum atomic E-state index is 12.3. The molecule has 4 nitrogen and oxygen atoms in total. The summed E-state index contributed by atoms with van der Waals surface area (Å²) in [7, 11) is 3.78. The molecule has 0 saturated heterocycles. The average Bonchev–Trinajstić information content (AvgIpc) is 2.53. The van der Waals surface area contributed by atoms with Gasteiger partial charge in [-0.3, -0.25) is 9.69 Å². The zero-order valence-electron chi connectivity index (χ0n) is 16.9. The molecule has 3 atom stereocenters. The van der Waals surface area contributed by atoms with Crippen molar-refractivity contribution in [3.05, 3.63) is 35.9 Å². The molecule has 1 aromatic carbocycles. The smallest absolute Gasteiger partial charge is 0.309 e. The minimum absolute atomic E-state index is 0.141. The van der Waals surface area contributed by atoms with E-state index in [1.54, 1.807) is 7.11 Å². The summed E-state index contributed by atoms with van der Waals surface area (Å²) in [6.45, 7) is 10.9. The number of hydrogen-bond donors (Lipinski definition) is 0. The van der Waals surface area contributed by atoms with E-state index in [9.17, 15) is 4.79 Å². The highest BCUT2D eigenvalue weighted by atomic mass is 16.6. The Morgan fingerprint density at radius 3 is 2.28 bits per heavy atom. The Balaban J connectivity index is 2.88. The molecule has 142 valence electrons. The van der Waals surface area contributed by atoms with Crippen molar-refractivity contribution < 1.29 is 14.3 Å². The van der Waals surface area contributed by atoms with E-state index in [0.29, 0.717) is 5.92 Å². The summed E-state index contributed by atoms with van der Waals surface area (Å²) in [4.78, 5) is 14.6. The monoisotopic (exact) mass is 349 g/mol. The summed E-state index contributed by atoms with van der Waals surface area (Å²) in [5.41, 5.74) is 0.780. The van der Waals surface area contributed by atoms with Crippen LogP contribution in [0.4, 0.5) is 0 Å². The summed E-state index contributed by atoms with van der Waals surface area (Å²) < 4.78 is 11.2. The molecule has 0 saturated carbocycles. The molecule has 0 spiro atoms. The minimum atomic E-state index is -0.475. The van der Waals surface area contributed by atoms with Gasteiger partial charge in [0.15, 0.2) is 0 Å². The van der Waals surface area contributed by atoms with Gasteiger partial charge in [0.1, 0.15) is 5.60 Å². The van der Waals surface area contributed by atoms with Crippen LogP contribution in [-0.2, 0) is 20.8 Å². The molecule has 0 amide bonds. The fourth-order valence-corrected chi connectivity index (χ4v) is 3.19. The molecule has 0 N–H and O–H groups in total. The van der Waals surface area contributed by atoms with Gasteiger partial charge in [-0.05, 0) is 39.3 Å². The number of likely N-dealkylation sites (N-methyl/N-ethyl adjacent to an activating group) is 1. The second-order valence-electron chi connectivity index (χ2n) is 7.84. The molecule has 0 aliphatic carbocycles. The number of nitrogens with zero attached hydrogens (tertiary/aromatic N) is 1. The first-order valence-corrected chi connectivity index (χ1v) is 9.16. The highest BCUT2D eigenvalue weighted by Crippen LogP contribution is 2.24. The maximum absolute atomic E-state index is 12.3. The lowest BCUT2D eigenvalue weighted by atomic mass is 9.91. The van der Waals surface area contributed by atoms with E-state index in [2.05, 4.69) is 50.1 Å². The number of carbonyl (C=O) groups is 1. The Kier molecular flexibility index (Phi) is 8.60. The molecule has 0 fully saturated rings. The van der Waals surface area contributed by atoms with Crippen molar-refractivity contribution in [2.45, 2.75) is 71.8 Å². The lowest BCUT2D eigenvalue weighted by molar-refractivity contribution is -0.159. The van der Waals surface area contributed by atoms with Crippen LogP contribution in [0.2, 0.25) is 0 Å². The van der Waals surface area contributed by atoms with Crippen molar-refractivity contribution in [1.29, 1.82) is 0 Å². The Morgan fingerprint density at radius 1 is 1.20 bits per heavy atom. The summed E-state index contributed by atoms with van der Waals surface area (Å²) in [5, 5.41) is 0. The van der Waals surface area contributed by atoms with Gasteiger partial charge >= 0.3 is 5.97 Å². The van der Waals surface area contributed by atoms with Crippen LogP contribution >= 0.6 is 0 Å². The number of rotatable bonds is 9. The first-order valence-electron chi connectivity index (χ1n) is 9.16. The molecule has 0 bridgehead atoms. The Morgan fingerprint density at radius 2 is 1.80 bits per heavy atom. The molecule has 1 rings (SSSR count). The third kappa shape index (κ3) is 7.57. The minimum Gasteiger partial charge on any atom is -0.460 e. The second-order valence-corrected chi connectivity index (χ2v) is 7.84. The third-order valence-corrected chi connectivity index (χ3v) is 4.48. The fraction of sp³-hybridized carbons (Fsp3) is 0.667. The number of benzene rings is 1. The van der Waals surface area contributed by atoms with E-state index in [-0.39, 0.29) is 24.5 Å². The Hall–Kier alpha value is -1.39. The molecule has 0 aliphatic rings. The average molecular weight is 350 g/mol. The van der Waals surface area contributed by atoms with Gasteiger partial charge in [-0.2, -0.15) is 0 Å². The molecule has 25 heavy (non-hydrogen) atoms. The van der Waals surface area contributed by atoms with Crippen LogP contribution in [-0.4, -0.2) is 42.8 Å². The van der Waals surface area contributed by atoms with Gasteiger partial charge in [-0.15, -0.1) is 0 Å². The lowest BCUT2D eigenvalue weighted by Crippen LogP contribution is -2.47. The molecule has 0 heterocycles. The first kappa shape index (κ1) is 21.7. The van der Waals surface area contributed by atoms with Crippen molar-refractivity contribution in [3.63, 3.8) is 0 Å². The number of esters is 1. The van der Waals surface area contributed by atoms with Crippen molar-refractivity contribution >= 4 is 5.97 Å². The Labute approximate surface area is 153 Å². The van der Waals surface area contributed by atoms with Gasteiger partial charge in [0, 0.05) is 19.7 Å². The molecule has 0 aliphatic heterocycles. The van der Waals surface area contributed by atoms with Crippen LogP contribution in [0.1, 0.15) is 53.0 Å². The molecule has 0 aromatic heterocycles. The number of ether oxygens (including phenoxy) is 2. The number of methoxy groups -OCH3 is 1. The molecule has 0 unspecified atom stereocenters. The van der Waals surface area contributed by atoms with Crippen LogP contribution in [0.5, 0.6) is 0 Å². The van der Waals surface area contributed by atoms with E-state index >= 15 is 0 Å². The molecular weight excluding hydrogens is 314 g/mol. The second kappa shape index (κ2) is 9.93. The van der Waals surface area contributed by atoms with Gasteiger partial charge < -0.3 is 9.47 Å². The van der Waals surface area contributed by atoms with Gasteiger partial charge in [0.25, 0.3) is 0 Å². The predicted octanol–water partition coefficient (Wildman–Crippen LogP) is 4.28. The van der Waals surface area contributed by atoms with Crippen LogP contribution in [0, 0.1) is 5.92 Å². The van der Waals surface area contributed by atoms with Crippen LogP contribution in [0.25, 0.3) is 0 Å². The van der Waals surface area contributed by atoms with Crippen molar-refractivity contribution in [2.24, 2.45) is 5.92 Å². The van der Waals surface area contributed by atoms with Crippen molar-refractivity contribution in [1.82, 2.24) is 4.90 Å². The van der Waals surface area contributed by atoms with E-state index < -0.39 is 5.60 Å². The fourth-order valence-electron chi connectivity index (χ4n) is 3.19. The number of carbonyl (C=O) groups excluding carboxylic acids is 1. The topological polar surface area (TPSA) is 38.8 Å². The predicted molar refractivity (Wildman–Crippen MR) is 102 cm³/mol. The third-order valence-electron chi connectivity index (χ3n) is 4.48. The summed E-state index contributed by atoms with van der Waals surface area (Å²) >= 11 is 0. The molecule has 4 heteroatoms. The summed E-state index contributed by atoms with van der Waals surface area (Å²) in [6, 6.07) is 10.5. The highest BCUT2D eigenvalue weighted by molar-refractivity contribution is 5.70. The molecular formula is C21H35NO3. The van der Waals surface area contributed by atoms with E-state index in [1.807, 2.05) is 26.8 Å². The quantitative estimate of drug-likeness (QED) is 0.624. The van der Waals surface area contributed by atoms with Crippen LogP contribution < -0.4 is 0 Å². The normalized spacial score (nSPS) is 15.7. The molecule has 1 aromatic rings. The van der Waals surface area contributed by atoms with Crippen molar-refractivity contribution in [3.8, 4) is 0 Å². The number of hydrogen-bond acceptors (Lipinski definition) is 4. The first-order chi connectivity index (χ1) is 11.7. The highest BCUT2D eigenvalue weighted by Gasteiger charge is 2.32. The summed E-state index contributed by atoms with van der Waals surface area (Å²) in [5.74, 6) is 0.196.